The van der Waals surface area contributed by atoms with Gasteiger partial charge in [-0.1, -0.05) is 49.2 Å². The number of rotatable bonds is 9. The van der Waals surface area contributed by atoms with Crippen LogP contribution in [0.3, 0.4) is 0 Å². The Labute approximate surface area is 202 Å². The Bertz CT molecular complexity index is 936. The van der Waals surface area contributed by atoms with Crippen LogP contribution in [0.5, 0.6) is 0 Å². The molecule has 7 nitrogen and oxygen atoms in total. The van der Waals surface area contributed by atoms with Crippen LogP contribution in [0.2, 0.25) is 0 Å². The summed E-state index contributed by atoms with van der Waals surface area (Å²) >= 11 is 0. The molecule has 2 aromatic rings. The minimum absolute atomic E-state index is 0.0170. The SMILES string of the molecule is Cc1cccc(C)c1NC(=O)CN(CC(=O)Nc1c(C)cccc1C)CC(=O)NC1CCCC1. The van der Waals surface area contributed by atoms with Gasteiger partial charge in [0, 0.05) is 17.4 Å². The minimum atomic E-state index is -0.258. The maximum absolute atomic E-state index is 12.9. The van der Waals surface area contributed by atoms with E-state index in [9.17, 15) is 14.4 Å². The van der Waals surface area contributed by atoms with Crippen molar-refractivity contribution in [2.24, 2.45) is 0 Å². The third-order valence-electron chi connectivity index (χ3n) is 6.31. The van der Waals surface area contributed by atoms with Crippen molar-refractivity contribution in [1.82, 2.24) is 10.2 Å². The standard InChI is InChI=1S/C27H36N4O3/c1-18-9-7-10-19(2)26(18)29-24(33)16-31(15-23(32)28-22-13-5-6-14-22)17-25(34)30-27-20(3)11-8-12-21(27)4/h7-12,22H,5-6,13-17H2,1-4H3,(H,28,32)(H,29,33)(H,30,34). The van der Waals surface area contributed by atoms with Crippen molar-refractivity contribution in [3.05, 3.63) is 58.7 Å². The molecule has 0 saturated heterocycles. The van der Waals surface area contributed by atoms with Gasteiger partial charge in [0.15, 0.2) is 0 Å². The lowest BCUT2D eigenvalue weighted by atomic mass is 10.1. The molecule has 1 saturated carbocycles. The first kappa shape index (κ1) is 25.4. The fourth-order valence-corrected chi connectivity index (χ4v) is 4.50. The molecule has 2 aromatic carbocycles. The molecule has 0 aromatic heterocycles. The van der Waals surface area contributed by atoms with E-state index in [0.29, 0.717) is 0 Å². The maximum atomic E-state index is 12.9. The van der Waals surface area contributed by atoms with Gasteiger partial charge in [0.25, 0.3) is 0 Å². The first-order valence-corrected chi connectivity index (χ1v) is 12.0. The molecule has 0 bridgehead atoms. The number of aryl methyl sites for hydroxylation is 4. The van der Waals surface area contributed by atoms with Gasteiger partial charge in [0.2, 0.25) is 17.7 Å². The first-order valence-electron chi connectivity index (χ1n) is 12.0. The molecule has 3 N–H and O–H groups in total. The predicted octanol–water partition coefficient (Wildman–Crippen LogP) is 3.86. The van der Waals surface area contributed by atoms with Gasteiger partial charge in [-0.05, 0) is 62.8 Å². The summed E-state index contributed by atoms with van der Waals surface area (Å²) in [4.78, 5) is 40.1. The Balaban J connectivity index is 1.68. The van der Waals surface area contributed by atoms with Crippen LogP contribution in [0, 0.1) is 27.7 Å². The van der Waals surface area contributed by atoms with Gasteiger partial charge in [0.05, 0.1) is 19.6 Å². The minimum Gasteiger partial charge on any atom is -0.352 e. The average Bonchev–Trinajstić information content (AvgIpc) is 3.26. The predicted molar refractivity (Wildman–Crippen MR) is 136 cm³/mol. The second-order valence-corrected chi connectivity index (χ2v) is 9.32. The number of nitrogens with zero attached hydrogens (tertiary/aromatic N) is 1. The van der Waals surface area contributed by atoms with Crippen LogP contribution in [0.1, 0.15) is 47.9 Å². The van der Waals surface area contributed by atoms with Crippen LogP contribution in [0.4, 0.5) is 11.4 Å². The second-order valence-electron chi connectivity index (χ2n) is 9.32. The van der Waals surface area contributed by atoms with Crippen molar-refractivity contribution >= 4 is 29.1 Å². The van der Waals surface area contributed by atoms with Crippen molar-refractivity contribution in [1.29, 1.82) is 0 Å². The van der Waals surface area contributed by atoms with Gasteiger partial charge in [-0.3, -0.25) is 19.3 Å². The summed E-state index contributed by atoms with van der Waals surface area (Å²) in [5.41, 5.74) is 5.39. The molecule has 34 heavy (non-hydrogen) atoms. The number of amides is 3. The number of benzene rings is 2. The van der Waals surface area contributed by atoms with Gasteiger partial charge in [-0.25, -0.2) is 0 Å². The monoisotopic (exact) mass is 464 g/mol. The van der Waals surface area contributed by atoms with E-state index in [-0.39, 0.29) is 43.4 Å². The van der Waals surface area contributed by atoms with E-state index >= 15 is 0 Å². The normalized spacial score (nSPS) is 13.7. The Kier molecular flexibility index (Phi) is 8.82. The largest absolute Gasteiger partial charge is 0.352 e. The van der Waals surface area contributed by atoms with E-state index < -0.39 is 0 Å². The highest BCUT2D eigenvalue weighted by molar-refractivity contribution is 5.96. The van der Waals surface area contributed by atoms with Gasteiger partial charge < -0.3 is 16.0 Å². The highest BCUT2D eigenvalue weighted by Crippen LogP contribution is 2.21. The Morgan fingerprint density at radius 1 is 0.706 bits per heavy atom. The van der Waals surface area contributed by atoms with Crippen LogP contribution in [0.25, 0.3) is 0 Å². The van der Waals surface area contributed by atoms with Crippen molar-refractivity contribution in [2.45, 2.75) is 59.4 Å². The van der Waals surface area contributed by atoms with Crippen LogP contribution in [0.15, 0.2) is 36.4 Å². The van der Waals surface area contributed by atoms with Crippen molar-refractivity contribution in [3.63, 3.8) is 0 Å². The summed E-state index contributed by atoms with van der Waals surface area (Å²) in [6.45, 7) is 7.61. The summed E-state index contributed by atoms with van der Waals surface area (Å²) in [6.07, 6.45) is 4.19. The molecule has 182 valence electrons. The van der Waals surface area contributed by atoms with Crippen LogP contribution in [-0.2, 0) is 14.4 Å². The number of anilines is 2. The van der Waals surface area contributed by atoms with E-state index in [0.717, 1.165) is 59.3 Å². The molecule has 1 fully saturated rings. The van der Waals surface area contributed by atoms with Gasteiger partial charge in [-0.15, -0.1) is 0 Å². The van der Waals surface area contributed by atoms with E-state index in [1.807, 2.05) is 64.1 Å². The third kappa shape index (κ3) is 7.15. The van der Waals surface area contributed by atoms with Crippen molar-refractivity contribution in [2.75, 3.05) is 30.3 Å². The third-order valence-corrected chi connectivity index (χ3v) is 6.31. The second kappa shape index (κ2) is 11.8. The van der Waals surface area contributed by atoms with Crippen LogP contribution < -0.4 is 16.0 Å². The zero-order valence-electron chi connectivity index (χ0n) is 20.7. The molecule has 1 aliphatic carbocycles. The molecule has 0 radical (unpaired) electrons. The molecule has 0 aliphatic heterocycles. The van der Waals surface area contributed by atoms with Crippen LogP contribution in [-0.4, -0.2) is 48.3 Å². The fraction of sp³-hybridized carbons (Fsp3) is 0.444. The number of carbonyl (C=O) groups is 3. The van der Waals surface area contributed by atoms with Gasteiger partial charge >= 0.3 is 0 Å². The molecular weight excluding hydrogens is 428 g/mol. The summed E-state index contributed by atoms with van der Waals surface area (Å²) in [6, 6.07) is 11.8. The lowest BCUT2D eigenvalue weighted by Crippen LogP contribution is -2.46. The molecule has 3 amide bonds. The highest BCUT2D eigenvalue weighted by Gasteiger charge is 2.22. The molecule has 1 aliphatic rings. The topological polar surface area (TPSA) is 90.5 Å². The quantitative estimate of drug-likeness (QED) is 0.526. The smallest absolute Gasteiger partial charge is 0.238 e. The van der Waals surface area contributed by atoms with Crippen molar-refractivity contribution in [3.8, 4) is 0 Å². The summed E-state index contributed by atoms with van der Waals surface area (Å²) in [5, 5.41) is 8.95. The molecule has 0 heterocycles. The first-order chi connectivity index (χ1) is 16.2. The van der Waals surface area contributed by atoms with Gasteiger partial charge in [-0.2, -0.15) is 0 Å². The highest BCUT2D eigenvalue weighted by atomic mass is 16.2. The lowest BCUT2D eigenvalue weighted by molar-refractivity contribution is -0.125. The summed E-state index contributed by atoms with van der Waals surface area (Å²) in [5.74, 6) is -0.677. The number of carbonyl (C=O) groups excluding carboxylic acids is 3. The molecule has 0 unspecified atom stereocenters. The summed E-state index contributed by atoms with van der Waals surface area (Å²) in [7, 11) is 0. The maximum Gasteiger partial charge on any atom is 0.238 e. The summed E-state index contributed by atoms with van der Waals surface area (Å²) < 4.78 is 0. The van der Waals surface area contributed by atoms with Crippen LogP contribution >= 0.6 is 0 Å². The number of hydrogen-bond acceptors (Lipinski definition) is 4. The Morgan fingerprint density at radius 2 is 1.09 bits per heavy atom. The molecule has 0 atom stereocenters. The molecule has 0 spiro atoms. The van der Waals surface area contributed by atoms with Gasteiger partial charge in [0.1, 0.15) is 0 Å². The average molecular weight is 465 g/mol. The Hall–Kier alpha value is -3.19. The van der Waals surface area contributed by atoms with E-state index in [2.05, 4.69) is 16.0 Å². The van der Waals surface area contributed by atoms with E-state index in [4.69, 9.17) is 0 Å². The van der Waals surface area contributed by atoms with Crippen molar-refractivity contribution < 1.29 is 14.4 Å². The Morgan fingerprint density at radius 3 is 1.50 bits per heavy atom. The number of hydrogen-bond donors (Lipinski definition) is 3. The molecular formula is C27H36N4O3. The van der Waals surface area contributed by atoms with E-state index in [1.165, 1.54) is 0 Å². The lowest BCUT2D eigenvalue weighted by Gasteiger charge is -2.23. The molecule has 3 rings (SSSR count). The number of para-hydroxylation sites is 2. The molecule has 7 heteroatoms. The zero-order chi connectivity index (χ0) is 24.7. The van der Waals surface area contributed by atoms with E-state index in [1.54, 1.807) is 4.90 Å². The fourth-order valence-electron chi connectivity index (χ4n) is 4.50. The number of nitrogens with one attached hydrogen (secondary N) is 3. The zero-order valence-corrected chi connectivity index (χ0v) is 20.7.